The number of aromatic nitrogens is 1. The highest BCUT2D eigenvalue weighted by Crippen LogP contribution is 2.42. The van der Waals surface area contributed by atoms with E-state index in [0.717, 1.165) is 34.6 Å². The van der Waals surface area contributed by atoms with Crippen molar-refractivity contribution in [2.75, 3.05) is 11.1 Å². The van der Waals surface area contributed by atoms with Crippen LogP contribution in [0.2, 0.25) is 0 Å². The number of fused-ring (bicyclic) bond motifs is 3. The van der Waals surface area contributed by atoms with Crippen LogP contribution in [0.5, 0.6) is 0 Å². The van der Waals surface area contributed by atoms with Crippen molar-refractivity contribution < 1.29 is 0 Å². The zero-order valence-electron chi connectivity index (χ0n) is 13.2. The zero-order valence-corrected chi connectivity index (χ0v) is 14.1. The van der Waals surface area contributed by atoms with Gasteiger partial charge in [0.25, 0.3) is 0 Å². The van der Waals surface area contributed by atoms with Gasteiger partial charge in [-0.2, -0.15) is 15.7 Å². The smallest absolute Gasteiger partial charge is 0.0726 e. The minimum atomic E-state index is 0.0935. The number of aryl methyl sites for hydroxylation is 1. The van der Waals surface area contributed by atoms with Crippen molar-refractivity contribution in [3.63, 3.8) is 0 Å². The van der Waals surface area contributed by atoms with Gasteiger partial charge in [0.05, 0.1) is 18.0 Å². The van der Waals surface area contributed by atoms with E-state index in [9.17, 15) is 0 Å². The number of hydrogen-bond donors (Lipinski definition) is 1. The molecule has 3 nitrogen and oxygen atoms in total. The normalized spacial score (nSPS) is 15.9. The average molecular weight is 331 g/mol. The topological polar surface area (TPSA) is 48.7 Å². The molecule has 1 aliphatic heterocycles. The van der Waals surface area contributed by atoms with Crippen LogP contribution < -0.4 is 5.32 Å². The molecule has 0 saturated heterocycles. The molecule has 3 aromatic rings. The van der Waals surface area contributed by atoms with Crippen LogP contribution in [0.3, 0.4) is 0 Å². The summed E-state index contributed by atoms with van der Waals surface area (Å²) in [5.41, 5.74) is 5.50. The number of benzene rings is 2. The lowest BCUT2D eigenvalue weighted by Crippen LogP contribution is -1.96. The molecule has 0 saturated carbocycles. The van der Waals surface area contributed by atoms with Crippen LogP contribution in [0, 0.1) is 11.3 Å². The van der Waals surface area contributed by atoms with Gasteiger partial charge in [-0.25, -0.2) is 0 Å². The Kier molecular flexibility index (Phi) is 3.79. The van der Waals surface area contributed by atoms with Crippen LogP contribution in [0.15, 0.2) is 53.6 Å². The summed E-state index contributed by atoms with van der Waals surface area (Å²) in [5.74, 6) is 5.41. The van der Waals surface area contributed by atoms with E-state index in [-0.39, 0.29) is 10.5 Å². The zero-order chi connectivity index (χ0) is 16.5. The monoisotopic (exact) mass is 331 g/mol. The molecule has 0 fully saturated rings. The fourth-order valence-corrected chi connectivity index (χ4v) is 4.75. The summed E-state index contributed by atoms with van der Waals surface area (Å²) in [6.45, 7) is 0. The van der Waals surface area contributed by atoms with Crippen molar-refractivity contribution in [1.82, 2.24) is 4.98 Å². The van der Waals surface area contributed by atoms with Gasteiger partial charge in [0.15, 0.2) is 0 Å². The predicted molar refractivity (Wildman–Crippen MR) is 102 cm³/mol. The fraction of sp³-hybridized carbons (Fsp3) is 0.150. The van der Waals surface area contributed by atoms with E-state index in [4.69, 9.17) is 5.26 Å². The third-order valence-corrected chi connectivity index (χ3v) is 6.07. The highest BCUT2D eigenvalue weighted by Gasteiger charge is 2.18. The first-order chi connectivity index (χ1) is 11.8. The van der Waals surface area contributed by atoms with E-state index >= 15 is 0 Å². The number of anilines is 2. The molecule has 1 aliphatic rings. The molecule has 0 spiro atoms. The molecule has 1 aromatic heterocycles. The van der Waals surface area contributed by atoms with E-state index in [2.05, 4.69) is 34.4 Å². The fourth-order valence-electron chi connectivity index (χ4n) is 3.26. The Morgan fingerprint density at radius 1 is 1.25 bits per heavy atom. The summed E-state index contributed by atoms with van der Waals surface area (Å²) in [7, 11) is 0.0935. The summed E-state index contributed by atoms with van der Waals surface area (Å²) in [5, 5.41) is 13.6. The molecule has 4 heteroatoms. The molecular formula is C20H17N3S. The summed E-state index contributed by atoms with van der Waals surface area (Å²) < 4.78 is 0. The first-order valence-electron chi connectivity index (χ1n) is 7.90. The summed E-state index contributed by atoms with van der Waals surface area (Å²) in [6.07, 6.45) is 3.33. The van der Waals surface area contributed by atoms with Crippen molar-refractivity contribution >= 4 is 38.6 Å². The molecule has 0 radical (unpaired) electrons. The van der Waals surface area contributed by atoms with Gasteiger partial charge in [-0.1, -0.05) is 18.0 Å². The number of rotatable bonds is 3. The van der Waals surface area contributed by atoms with Crippen LogP contribution in [0.25, 0.3) is 10.9 Å². The van der Waals surface area contributed by atoms with Gasteiger partial charge in [-0.3, -0.25) is 4.98 Å². The third-order valence-electron chi connectivity index (χ3n) is 4.37. The average Bonchev–Trinajstić information content (AvgIpc) is 2.97. The maximum Gasteiger partial charge on any atom is 0.0726 e. The minimum absolute atomic E-state index is 0.0935. The highest BCUT2D eigenvalue weighted by molar-refractivity contribution is 8.14. The van der Waals surface area contributed by atoms with Gasteiger partial charge in [-0.05, 0) is 53.6 Å². The van der Waals surface area contributed by atoms with Crippen LogP contribution >= 0.6 is 10.5 Å². The van der Waals surface area contributed by atoms with Crippen LogP contribution in [-0.4, -0.2) is 16.6 Å². The summed E-state index contributed by atoms with van der Waals surface area (Å²) in [4.78, 5) is 5.90. The van der Waals surface area contributed by atoms with Crippen LogP contribution in [0.1, 0.15) is 11.1 Å². The highest BCUT2D eigenvalue weighted by atomic mass is 32.2. The lowest BCUT2D eigenvalue weighted by Gasteiger charge is -2.13. The van der Waals surface area contributed by atoms with E-state index < -0.39 is 0 Å². The molecule has 2 aromatic carbocycles. The number of pyridine rings is 1. The second-order valence-electron chi connectivity index (χ2n) is 5.90. The quantitative estimate of drug-likeness (QED) is 0.710. The Hall–Kier alpha value is -2.64. The second kappa shape index (κ2) is 6.10. The maximum atomic E-state index is 8.89. The SMILES string of the molecule is C=S1CCc2c1ccc1nccc(Nc3cccc(CC#N)c3)c21. The van der Waals surface area contributed by atoms with Gasteiger partial charge in [0.1, 0.15) is 0 Å². The summed E-state index contributed by atoms with van der Waals surface area (Å²) in [6, 6.07) is 16.5. The molecule has 2 heterocycles. The molecular weight excluding hydrogens is 314 g/mol. The third kappa shape index (κ3) is 2.57. The first-order valence-corrected chi connectivity index (χ1v) is 9.46. The molecule has 4 rings (SSSR count). The van der Waals surface area contributed by atoms with Gasteiger partial charge in [0, 0.05) is 27.9 Å². The molecule has 0 aliphatic carbocycles. The van der Waals surface area contributed by atoms with Gasteiger partial charge in [0.2, 0.25) is 0 Å². The Bertz CT molecular complexity index is 1000. The van der Waals surface area contributed by atoms with Crippen molar-refractivity contribution in [3.8, 4) is 6.07 Å². The molecule has 0 bridgehead atoms. The van der Waals surface area contributed by atoms with Crippen molar-refractivity contribution in [3.05, 3.63) is 59.8 Å². The molecule has 0 amide bonds. The maximum absolute atomic E-state index is 8.89. The molecule has 118 valence electrons. The number of nitrogens with one attached hydrogen (secondary N) is 1. The first kappa shape index (κ1) is 14.9. The van der Waals surface area contributed by atoms with Crippen molar-refractivity contribution in [2.45, 2.75) is 17.7 Å². The Morgan fingerprint density at radius 3 is 3.04 bits per heavy atom. The second-order valence-corrected chi connectivity index (χ2v) is 7.74. The van der Waals surface area contributed by atoms with Gasteiger partial charge in [-0.15, -0.1) is 0 Å². The van der Waals surface area contributed by atoms with Gasteiger partial charge < -0.3 is 5.32 Å². The number of nitrogens with zero attached hydrogens (tertiary/aromatic N) is 2. The Morgan fingerprint density at radius 2 is 2.17 bits per heavy atom. The molecule has 24 heavy (non-hydrogen) atoms. The lowest BCUT2D eigenvalue weighted by molar-refractivity contribution is 1.17. The number of hydrogen-bond acceptors (Lipinski definition) is 3. The molecule has 1 N–H and O–H groups in total. The summed E-state index contributed by atoms with van der Waals surface area (Å²) >= 11 is 0. The minimum Gasteiger partial charge on any atom is -0.355 e. The molecule has 1 atom stereocenters. The van der Waals surface area contributed by atoms with Gasteiger partial charge >= 0.3 is 0 Å². The largest absolute Gasteiger partial charge is 0.355 e. The van der Waals surface area contributed by atoms with E-state index in [0.29, 0.717) is 6.42 Å². The van der Waals surface area contributed by atoms with Crippen LogP contribution in [0.4, 0.5) is 11.4 Å². The van der Waals surface area contributed by atoms with E-state index in [1.54, 1.807) is 0 Å². The standard InChI is InChI=1S/C20H17N3S/c1-24-12-9-16-19(24)6-5-17-20(16)18(8-11-22-17)23-15-4-2-3-14(13-15)7-10-21/h2-6,8,11,13H,1,7,9,12H2,(H,22,23). The van der Waals surface area contributed by atoms with Crippen molar-refractivity contribution in [1.29, 1.82) is 5.26 Å². The van der Waals surface area contributed by atoms with Crippen molar-refractivity contribution in [2.24, 2.45) is 0 Å². The van der Waals surface area contributed by atoms with E-state index in [1.165, 1.54) is 15.8 Å². The number of nitriles is 1. The van der Waals surface area contributed by atoms with E-state index in [1.807, 2.05) is 36.5 Å². The predicted octanol–water partition coefficient (Wildman–Crippen LogP) is 4.66. The van der Waals surface area contributed by atoms with Crippen LogP contribution in [-0.2, 0) is 12.8 Å². The lowest BCUT2D eigenvalue weighted by atomic mass is 10.0. The molecule has 1 unspecified atom stereocenters. The Labute approximate surface area is 143 Å². The Balaban J connectivity index is 1.82.